The van der Waals surface area contributed by atoms with E-state index in [1.165, 1.54) is 12.3 Å². The summed E-state index contributed by atoms with van der Waals surface area (Å²) in [6.07, 6.45) is 2.65. The molecule has 0 spiro atoms. The molecule has 1 N–H and O–H groups in total. The van der Waals surface area contributed by atoms with Gasteiger partial charge in [0.15, 0.2) is 5.43 Å². The van der Waals surface area contributed by atoms with Gasteiger partial charge >= 0.3 is 0 Å². The minimum absolute atomic E-state index is 0.157. The van der Waals surface area contributed by atoms with Crippen molar-refractivity contribution < 1.29 is 4.79 Å². The first-order valence-corrected chi connectivity index (χ1v) is 7.25. The van der Waals surface area contributed by atoms with Crippen molar-refractivity contribution in [2.24, 2.45) is 0 Å². The number of aromatic amines is 1. The third-order valence-electron chi connectivity index (χ3n) is 4.10. The van der Waals surface area contributed by atoms with E-state index in [-0.39, 0.29) is 16.9 Å². The Morgan fingerprint density at radius 1 is 1.35 bits per heavy atom. The van der Waals surface area contributed by atoms with Crippen molar-refractivity contribution in [3.05, 3.63) is 33.7 Å². The van der Waals surface area contributed by atoms with E-state index in [9.17, 15) is 9.59 Å². The first-order valence-electron chi connectivity index (χ1n) is 7.25. The molecule has 0 bridgehead atoms. The van der Waals surface area contributed by atoms with E-state index in [1.54, 1.807) is 11.8 Å². The summed E-state index contributed by atoms with van der Waals surface area (Å²) in [6, 6.07) is 2.03. The van der Waals surface area contributed by atoms with Gasteiger partial charge in [0.05, 0.1) is 0 Å². The smallest absolute Gasteiger partial charge is 0.259 e. The highest BCUT2D eigenvalue weighted by molar-refractivity contribution is 5.93. The molecule has 5 heteroatoms. The summed E-state index contributed by atoms with van der Waals surface area (Å²) in [5.41, 5.74) is 0.816. The van der Waals surface area contributed by atoms with Gasteiger partial charge in [0, 0.05) is 50.2 Å². The minimum atomic E-state index is -0.199. The van der Waals surface area contributed by atoms with E-state index in [0.717, 1.165) is 25.2 Å². The number of hydrogen-bond acceptors (Lipinski definition) is 3. The molecule has 2 heterocycles. The van der Waals surface area contributed by atoms with Gasteiger partial charge in [-0.2, -0.15) is 0 Å². The van der Waals surface area contributed by atoms with Crippen LogP contribution >= 0.6 is 0 Å². The van der Waals surface area contributed by atoms with Crippen LogP contribution < -0.4 is 5.43 Å². The van der Waals surface area contributed by atoms with Crippen molar-refractivity contribution in [1.82, 2.24) is 14.8 Å². The summed E-state index contributed by atoms with van der Waals surface area (Å²) in [4.78, 5) is 31.3. The molecule has 2 rings (SSSR count). The lowest BCUT2D eigenvalue weighted by Crippen LogP contribution is -2.51. The molecular formula is C15H23N3O2. The molecule has 1 atom stereocenters. The van der Waals surface area contributed by atoms with Crippen LogP contribution in [0.15, 0.2) is 17.1 Å². The zero-order chi connectivity index (χ0) is 14.7. The Labute approximate surface area is 119 Å². The number of pyridine rings is 1. The minimum Gasteiger partial charge on any atom is -0.364 e. The summed E-state index contributed by atoms with van der Waals surface area (Å²) in [5.74, 6) is -0.157. The summed E-state index contributed by atoms with van der Waals surface area (Å²) >= 11 is 0. The lowest BCUT2D eigenvalue weighted by atomic mass is 10.1. The Hall–Kier alpha value is -1.62. The van der Waals surface area contributed by atoms with Gasteiger partial charge in [-0.1, -0.05) is 6.92 Å². The third-order valence-corrected chi connectivity index (χ3v) is 4.10. The summed E-state index contributed by atoms with van der Waals surface area (Å²) < 4.78 is 0. The highest BCUT2D eigenvalue weighted by atomic mass is 16.2. The van der Waals surface area contributed by atoms with Crippen molar-refractivity contribution in [3.63, 3.8) is 0 Å². The van der Waals surface area contributed by atoms with Gasteiger partial charge in [0.2, 0.25) is 0 Å². The number of aromatic nitrogens is 1. The van der Waals surface area contributed by atoms with E-state index in [4.69, 9.17) is 0 Å². The van der Waals surface area contributed by atoms with Crippen LogP contribution in [0.2, 0.25) is 0 Å². The Kier molecular flexibility index (Phi) is 4.60. The summed E-state index contributed by atoms with van der Waals surface area (Å²) in [6.45, 7) is 9.33. The van der Waals surface area contributed by atoms with Crippen LogP contribution in [0.3, 0.4) is 0 Å². The SMILES string of the molecule is CCC(C)N1CCN(C(=O)c2c[nH]c(C)cc2=O)CC1. The highest BCUT2D eigenvalue weighted by Crippen LogP contribution is 2.10. The van der Waals surface area contributed by atoms with Crippen LogP contribution in [0.5, 0.6) is 0 Å². The summed E-state index contributed by atoms with van der Waals surface area (Å²) in [5, 5.41) is 0. The number of aryl methyl sites for hydroxylation is 1. The first kappa shape index (κ1) is 14.8. The molecule has 0 aromatic carbocycles. The number of piperazine rings is 1. The average Bonchev–Trinajstić information content (AvgIpc) is 2.46. The number of carbonyl (C=O) groups excluding carboxylic acids is 1. The molecule has 110 valence electrons. The van der Waals surface area contributed by atoms with Crippen molar-refractivity contribution in [1.29, 1.82) is 0 Å². The fraction of sp³-hybridized carbons (Fsp3) is 0.600. The van der Waals surface area contributed by atoms with Gasteiger partial charge in [0.25, 0.3) is 5.91 Å². The molecule has 1 aliphatic rings. The van der Waals surface area contributed by atoms with Gasteiger partial charge in [-0.05, 0) is 20.3 Å². The molecule has 1 unspecified atom stereocenters. The van der Waals surface area contributed by atoms with Gasteiger partial charge in [-0.3, -0.25) is 14.5 Å². The second-order valence-corrected chi connectivity index (χ2v) is 5.48. The highest BCUT2D eigenvalue weighted by Gasteiger charge is 2.25. The van der Waals surface area contributed by atoms with Crippen LogP contribution in [-0.2, 0) is 0 Å². The molecule has 0 aliphatic carbocycles. The predicted molar refractivity (Wildman–Crippen MR) is 79.0 cm³/mol. The van der Waals surface area contributed by atoms with Gasteiger partial charge in [-0.25, -0.2) is 0 Å². The standard InChI is InChI=1S/C15H23N3O2/c1-4-12(3)17-5-7-18(8-6-17)15(20)13-10-16-11(2)9-14(13)19/h9-10,12H,4-8H2,1-3H3,(H,16,19). The molecule has 0 saturated carbocycles. The van der Waals surface area contributed by atoms with Gasteiger partial charge < -0.3 is 9.88 Å². The number of carbonyl (C=O) groups is 1. The van der Waals surface area contributed by atoms with E-state index >= 15 is 0 Å². The molecule has 1 saturated heterocycles. The van der Waals surface area contributed by atoms with E-state index in [0.29, 0.717) is 19.1 Å². The Morgan fingerprint density at radius 2 is 2.00 bits per heavy atom. The number of hydrogen-bond donors (Lipinski definition) is 1. The van der Waals surface area contributed by atoms with Gasteiger partial charge in [-0.15, -0.1) is 0 Å². The van der Waals surface area contributed by atoms with E-state index in [1.807, 2.05) is 0 Å². The van der Waals surface area contributed by atoms with Crippen molar-refractivity contribution >= 4 is 5.91 Å². The molecule has 1 fully saturated rings. The lowest BCUT2D eigenvalue weighted by Gasteiger charge is -2.37. The molecule has 1 aromatic heterocycles. The second-order valence-electron chi connectivity index (χ2n) is 5.48. The Morgan fingerprint density at radius 3 is 2.55 bits per heavy atom. The monoisotopic (exact) mass is 277 g/mol. The first-order chi connectivity index (χ1) is 9.52. The molecule has 1 aliphatic heterocycles. The molecule has 5 nitrogen and oxygen atoms in total. The number of amides is 1. The Bertz CT molecular complexity index is 530. The molecule has 1 aromatic rings. The largest absolute Gasteiger partial charge is 0.364 e. The molecular weight excluding hydrogens is 254 g/mol. The normalized spacial score (nSPS) is 18.1. The zero-order valence-corrected chi connectivity index (χ0v) is 12.5. The molecule has 20 heavy (non-hydrogen) atoms. The quantitative estimate of drug-likeness (QED) is 0.904. The van der Waals surface area contributed by atoms with Crippen LogP contribution in [0.25, 0.3) is 0 Å². The maximum absolute atomic E-state index is 12.4. The summed E-state index contributed by atoms with van der Waals surface area (Å²) in [7, 11) is 0. The fourth-order valence-electron chi connectivity index (χ4n) is 2.53. The fourth-order valence-corrected chi connectivity index (χ4v) is 2.53. The maximum Gasteiger partial charge on any atom is 0.259 e. The number of H-pyrrole nitrogens is 1. The van der Waals surface area contributed by atoms with Crippen molar-refractivity contribution in [2.75, 3.05) is 26.2 Å². The van der Waals surface area contributed by atoms with Crippen LogP contribution in [-0.4, -0.2) is 52.9 Å². The lowest BCUT2D eigenvalue weighted by molar-refractivity contribution is 0.0578. The number of nitrogens with one attached hydrogen (secondary N) is 1. The van der Waals surface area contributed by atoms with Crippen LogP contribution in [0.1, 0.15) is 36.3 Å². The second kappa shape index (κ2) is 6.22. The average molecular weight is 277 g/mol. The van der Waals surface area contributed by atoms with Crippen molar-refractivity contribution in [2.45, 2.75) is 33.2 Å². The third kappa shape index (κ3) is 3.10. The molecule has 0 radical (unpaired) electrons. The number of nitrogens with zero attached hydrogens (tertiary/aromatic N) is 2. The maximum atomic E-state index is 12.4. The van der Waals surface area contributed by atoms with E-state index in [2.05, 4.69) is 23.7 Å². The number of rotatable bonds is 3. The zero-order valence-electron chi connectivity index (χ0n) is 12.5. The molecule has 1 amide bonds. The van der Waals surface area contributed by atoms with E-state index < -0.39 is 0 Å². The predicted octanol–water partition coefficient (Wildman–Crippen LogP) is 1.24. The van der Waals surface area contributed by atoms with Crippen LogP contribution in [0, 0.1) is 6.92 Å². The van der Waals surface area contributed by atoms with Crippen molar-refractivity contribution in [3.8, 4) is 0 Å². The van der Waals surface area contributed by atoms with Crippen LogP contribution in [0.4, 0.5) is 0 Å². The topological polar surface area (TPSA) is 56.4 Å². The Balaban J connectivity index is 2.03. The van der Waals surface area contributed by atoms with Gasteiger partial charge in [0.1, 0.15) is 5.56 Å².